The Morgan fingerprint density at radius 3 is 2.45 bits per heavy atom. The number of benzene rings is 1. The van der Waals surface area contributed by atoms with Gasteiger partial charge in [0.25, 0.3) is 0 Å². The summed E-state index contributed by atoms with van der Waals surface area (Å²) >= 11 is 4.40. The van der Waals surface area contributed by atoms with Gasteiger partial charge < -0.3 is 19.5 Å². The van der Waals surface area contributed by atoms with E-state index >= 15 is 0 Å². The molecule has 166 valence electrons. The van der Waals surface area contributed by atoms with Crippen molar-refractivity contribution in [3.05, 3.63) is 61.7 Å². The Balaban J connectivity index is 2.20. The molecule has 1 saturated heterocycles. The summed E-state index contributed by atoms with van der Waals surface area (Å²) in [5, 5.41) is 2.60. The van der Waals surface area contributed by atoms with Crippen LogP contribution in [-0.2, 0) is 14.3 Å². The van der Waals surface area contributed by atoms with Gasteiger partial charge in [-0.1, -0.05) is 38.0 Å². The molecule has 31 heavy (non-hydrogen) atoms. The molecule has 0 saturated carbocycles. The highest BCUT2D eigenvalue weighted by Crippen LogP contribution is 2.29. The predicted octanol–water partition coefficient (Wildman–Crippen LogP) is 3.23. The first-order valence-corrected chi connectivity index (χ1v) is 10.1. The van der Waals surface area contributed by atoms with Gasteiger partial charge in [-0.3, -0.25) is 9.69 Å². The van der Waals surface area contributed by atoms with Gasteiger partial charge >= 0.3 is 12.1 Å². The summed E-state index contributed by atoms with van der Waals surface area (Å²) in [4.78, 5) is 38.7. The lowest BCUT2D eigenvalue weighted by Gasteiger charge is -2.23. The maximum absolute atomic E-state index is 12.9. The molecule has 1 aromatic carbocycles. The Hall–Kier alpha value is -3.20. The zero-order chi connectivity index (χ0) is 22.8. The van der Waals surface area contributed by atoms with Crippen molar-refractivity contribution in [3.8, 4) is 5.75 Å². The van der Waals surface area contributed by atoms with E-state index in [2.05, 4.69) is 37.7 Å². The van der Waals surface area contributed by atoms with Crippen LogP contribution in [0.25, 0.3) is 0 Å². The number of esters is 1. The number of ether oxygens (including phenoxy) is 3. The number of hydrogen-bond donors (Lipinski definition) is 2. The molecule has 0 unspecified atom stereocenters. The molecule has 2 amide bonds. The van der Waals surface area contributed by atoms with Crippen LogP contribution in [0.3, 0.4) is 0 Å². The SMILES string of the molecule is C=CCOC(=O)c1ccc(NC(=O)[C@@H]2C[C@H](S)CN2C(=O)OCC=C)c(OCC=C)c1. The highest BCUT2D eigenvalue weighted by atomic mass is 32.1. The molecule has 1 N–H and O–H groups in total. The molecule has 0 aromatic heterocycles. The second-order valence-corrected chi connectivity index (χ2v) is 7.34. The van der Waals surface area contributed by atoms with E-state index < -0.39 is 24.0 Å². The van der Waals surface area contributed by atoms with Gasteiger partial charge in [0.2, 0.25) is 5.91 Å². The van der Waals surface area contributed by atoms with Gasteiger partial charge in [-0.25, -0.2) is 9.59 Å². The first kappa shape index (κ1) is 24.1. The standard InChI is InChI=1S/C22H26N2O6S/c1-4-9-28-19-12-15(21(26)29-10-5-2)7-8-17(19)23-20(25)18-13-16(31)14-24(18)22(27)30-11-6-3/h4-8,12,16,18,31H,1-3,9-11,13-14H2,(H,23,25)/t16-,18-/m0/s1. The van der Waals surface area contributed by atoms with Crippen LogP contribution in [0.2, 0.25) is 0 Å². The van der Waals surface area contributed by atoms with Crippen molar-refractivity contribution in [2.75, 3.05) is 31.7 Å². The van der Waals surface area contributed by atoms with Crippen molar-refractivity contribution in [2.45, 2.75) is 17.7 Å². The fourth-order valence-electron chi connectivity index (χ4n) is 2.93. The number of nitrogens with zero attached hydrogens (tertiary/aromatic N) is 1. The maximum atomic E-state index is 12.9. The van der Waals surface area contributed by atoms with E-state index in [1.54, 1.807) is 0 Å². The highest BCUT2D eigenvalue weighted by Gasteiger charge is 2.39. The van der Waals surface area contributed by atoms with Crippen LogP contribution in [0, 0.1) is 0 Å². The Bertz CT molecular complexity index is 856. The molecule has 9 heteroatoms. The van der Waals surface area contributed by atoms with Gasteiger partial charge in [0, 0.05) is 11.8 Å². The third-order valence-electron chi connectivity index (χ3n) is 4.30. The van der Waals surface area contributed by atoms with E-state index in [9.17, 15) is 14.4 Å². The molecule has 1 aromatic rings. The second-order valence-electron chi connectivity index (χ2n) is 6.61. The quantitative estimate of drug-likeness (QED) is 0.326. The number of carbonyl (C=O) groups is 3. The van der Waals surface area contributed by atoms with Crippen LogP contribution < -0.4 is 10.1 Å². The molecular formula is C22H26N2O6S. The maximum Gasteiger partial charge on any atom is 0.410 e. The lowest BCUT2D eigenvalue weighted by Crippen LogP contribution is -2.43. The molecule has 1 aliphatic heterocycles. The van der Waals surface area contributed by atoms with E-state index in [1.807, 2.05) is 0 Å². The largest absolute Gasteiger partial charge is 0.487 e. The third kappa shape index (κ3) is 6.65. The van der Waals surface area contributed by atoms with Crippen molar-refractivity contribution < 1.29 is 28.6 Å². The summed E-state index contributed by atoms with van der Waals surface area (Å²) in [6, 6.07) is 3.75. The molecule has 0 spiro atoms. The zero-order valence-electron chi connectivity index (χ0n) is 17.1. The average Bonchev–Trinajstić information content (AvgIpc) is 3.16. The van der Waals surface area contributed by atoms with Crippen molar-refractivity contribution in [3.63, 3.8) is 0 Å². The van der Waals surface area contributed by atoms with Crippen LogP contribution in [-0.4, -0.2) is 60.5 Å². The molecule has 1 aliphatic rings. The van der Waals surface area contributed by atoms with Gasteiger partial charge in [-0.15, -0.1) is 0 Å². The monoisotopic (exact) mass is 446 g/mol. The van der Waals surface area contributed by atoms with E-state index in [-0.39, 0.29) is 42.9 Å². The molecule has 1 fully saturated rings. The minimum Gasteiger partial charge on any atom is -0.487 e. The molecule has 2 atom stereocenters. The van der Waals surface area contributed by atoms with Gasteiger partial charge in [0.1, 0.15) is 31.6 Å². The number of nitrogens with one attached hydrogen (secondary N) is 1. The predicted molar refractivity (Wildman–Crippen MR) is 121 cm³/mol. The van der Waals surface area contributed by atoms with Gasteiger partial charge in [-0.05, 0) is 24.6 Å². The van der Waals surface area contributed by atoms with Crippen LogP contribution in [0.1, 0.15) is 16.8 Å². The summed E-state index contributed by atoms with van der Waals surface area (Å²) in [7, 11) is 0. The molecule has 0 radical (unpaired) electrons. The lowest BCUT2D eigenvalue weighted by molar-refractivity contribution is -0.120. The first-order chi connectivity index (χ1) is 14.9. The zero-order valence-corrected chi connectivity index (χ0v) is 18.0. The van der Waals surface area contributed by atoms with Crippen molar-refractivity contribution in [1.82, 2.24) is 4.90 Å². The molecular weight excluding hydrogens is 420 g/mol. The Labute approximate surface area is 186 Å². The number of thiol groups is 1. The van der Waals surface area contributed by atoms with E-state index in [4.69, 9.17) is 14.2 Å². The average molecular weight is 447 g/mol. The van der Waals surface area contributed by atoms with E-state index in [1.165, 1.54) is 41.3 Å². The number of hydrogen-bond acceptors (Lipinski definition) is 7. The summed E-state index contributed by atoms with van der Waals surface area (Å²) in [5.74, 6) is -0.703. The number of likely N-dealkylation sites (tertiary alicyclic amines) is 1. The fraction of sp³-hybridized carbons (Fsp3) is 0.318. The third-order valence-corrected chi connectivity index (χ3v) is 4.68. The van der Waals surface area contributed by atoms with Crippen molar-refractivity contribution in [2.24, 2.45) is 0 Å². The van der Waals surface area contributed by atoms with Gasteiger partial charge in [-0.2, -0.15) is 12.6 Å². The molecule has 0 bridgehead atoms. The molecule has 2 rings (SSSR count). The fourth-order valence-corrected chi connectivity index (χ4v) is 3.31. The Morgan fingerprint density at radius 2 is 1.77 bits per heavy atom. The van der Waals surface area contributed by atoms with Crippen LogP contribution in [0.15, 0.2) is 56.2 Å². The summed E-state index contributed by atoms with van der Waals surface area (Å²) < 4.78 is 15.7. The molecule has 0 aliphatic carbocycles. The molecule has 8 nitrogen and oxygen atoms in total. The summed E-state index contributed by atoms with van der Waals surface area (Å²) in [6.45, 7) is 11.2. The summed E-state index contributed by atoms with van der Waals surface area (Å²) in [6.07, 6.45) is 4.21. The van der Waals surface area contributed by atoms with E-state index in [0.29, 0.717) is 12.1 Å². The minimum absolute atomic E-state index is 0.0455. The van der Waals surface area contributed by atoms with Crippen molar-refractivity contribution in [1.29, 1.82) is 0 Å². The van der Waals surface area contributed by atoms with Crippen LogP contribution in [0.5, 0.6) is 5.75 Å². The van der Waals surface area contributed by atoms with Gasteiger partial charge in [0.05, 0.1) is 11.3 Å². The number of rotatable bonds is 10. The topological polar surface area (TPSA) is 94.2 Å². The minimum atomic E-state index is -0.760. The number of anilines is 1. The first-order valence-electron chi connectivity index (χ1n) is 9.60. The number of carbonyl (C=O) groups excluding carboxylic acids is 3. The Kier molecular flexibility index (Phi) is 9.20. The smallest absolute Gasteiger partial charge is 0.410 e. The van der Waals surface area contributed by atoms with E-state index in [0.717, 1.165) is 0 Å². The normalized spacial score (nSPS) is 17.4. The number of amides is 2. The second kappa shape index (κ2) is 11.8. The lowest BCUT2D eigenvalue weighted by atomic mass is 10.1. The molecule has 1 heterocycles. The highest BCUT2D eigenvalue weighted by molar-refractivity contribution is 7.81. The Morgan fingerprint density at radius 1 is 1.10 bits per heavy atom. The van der Waals surface area contributed by atoms with Gasteiger partial charge in [0.15, 0.2) is 0 Å². The summed E-state index contributed by atoms with van der Waals surface area (Å²) in [5.41, 5.74) is 0.596. The van der Waals surface area contributed by atoms with Crippen molar-refractivity contribution >= 4 is 36.3 Å². The van der Waals surface area contributed by atoms with Crippen LogP contribution in [0.4, 0.5) is 10.5 Å². The van der Waals surface area contributed by atoms with Crippen LogP contribution >= 0.6 is 12.6 Å².